The van der Waals surface area contributed by atoms with Crippen LogP contribution in [-0.4, -0.2) is 23.3 Å². The number of halogens is 2. The fourth-order valence-electron chi connectivity index (χ4n) is 2.00. The number of aromatic nitrogens is 1. The summed E-state index contributed by atoms with van der Waals surface area (Å²) in [6.45, 7) is 2.87. The summed E-state index contributed by atoms with van der Waals surface area (Å²) in [6.07, 6.45) is 0. The molecule has 0 saturated heterocycles. The molecule has 1 heterocycles. The van der Waals surface area contributed by atoms with Crippen molar-refractivity contribution in [3.05, 3.63) is 63.7 Å². The Labute approximate surface area is 131 Å². The van der Waals surface area contributed by atoms with Gasteiger partial charge in [-0.3, -0.25) is 4.79 Å². The molecule has 0 saturated carbocycles. The Kier molecular flexibility index (Phi) is 4.88. The maximum absolute atomic E-state index is 13.5. The molecule has 0 N–H and O–H groups in total. The first-order valence-corrected chi connectivity index (χ1v) is 6.86. The van der Waals surface area contributed by atoms with Crippen molar-refractivity contribution in [1.29, 1.82) is 0 Å². The van der Waals surface area contributed by atoms with Crippen LogP contribution < -0.4 is 0 Å². The van der Waals surface area contributed by atoms with Crippen molar-refractivity contribution in [3.63, 3.8) is 0 Å². The van der Waals surface area contributed by atoms with Gasteiger partial charge in [0.1, 0.15) is 11.0 Å². The highest BCUT2D eigenvalue weighted by Gasteiger charge is 2.19. The van der Waals surface area contributed by atoms with Crippen molar-refractivity contribution in [2.45, 2.75) is 13.8 Å². The van der Waals surface area contributed by atoms with Crippen molar-refractivity contribution >= 4 is 23.4 Å². The molecule has 0 aliphatic carbocycles. The Bertz CT molecular complexity index is 723. The molecule has 4 nitrogen and oxygen atoms in total. The zero-order valence-electron chi connectivity index (χ0n) is 12.0. The molecule has 22 heavy (non-hydrogen) atoms. The van der Waals surface area contributed by atoms with Gasteiger partial charge < -0.3 is 4.74 Å². The lowest BCUT2D eigenvalue weighted by Crippen LogP contribution is -2.17. The van der Waals surface area contributed by atoms with Gasteiger partial charge in [0.05, 0.1) is 11.1 Å². The SMILES string of the molecule is Cc1cc(C)c(C(=O)OCC(=O)c2ccccc2F)c(Cl)n1. The van der Waals surface area contributed by atoms with E-state index >= 15 is 0 Å². The average Bonchev–Trinajstić information content (AvgIpc) is 2.44. The molecule has 114 valence electrons. The van der Waals surface area contributed by atoms with E-state index < -0.39 is 24.2 Å². The van der Waals surface area contributed by atoms with Gasteiger partial charge in [-0.25, -0.2) is 14.2 Å². The highest BCUT2D eigenvalue weighted by Crippen LogP contribution is 2.20. The molecule has 2 aromatic rings. The maximum Gasteiger partial charge on any atom is 0.342 e. The topological polar surface area (TPSA) is 56.3 Å². The van der Waals surface area contributed by atoms with Crippen molar-refractivity contribution in [3.8, 4) is 0 Å². The van der Waals surface area contributed by atoms with E-state index in [0.717, 1.165) is 0 Å². The number of ether oxygens (including phenoxy) is 1. The molecule has 0 bridgehead atoms. The van der Waals surface area contributed by atoms with Crippen LogP contribution in [0.1, 0.15) is 32.0 Å². The van der Waals surface area contributed by atoms with Gasteiger partial charge in [-0.2, -0.15) is 0 Å². The van der Waals surface area contributed by atoms with Gasteiger partial charge in [0.2, 0.25) is 5.78 Å². The number of Topliss-reactive ketones (excluding diaryl/α,β-unsaturated/α-hetero) is 1. The zero-order chi connectivity index (χ0) is 16.3. The van der Waals surface area contributed by atoms with Gasteiger partial charge in [-0.1, -0.05) is 23.7 Å². The highest BCUT2D eigenvalue weighted by atomic mass is 35.5. The van der Waals surface area contributed by atoms with Crippen LogP contribution in [0.5, 0.6) is 0 Å². The van der Waals surface area contributed by atoms with Crippen LogP contribution in [0.2, 0.25) is 5.15 Å². The Morgan fingerprint density at radius 1 is 1.27 bits per heavy atom. The lowest BCUT2D eigenvalue weighted by atomic mass is 10.1. The van der Waals surface area contributed by atoms with Crippen LogP contribution in [0.15, 0.2) is 30.3 Å². The van der Waals surface area contributed by atoms with Crippen LogP contribution >= 0.6 is 11.6 Å². The number of hydrogen-bond acceptors (Lipinski definition) is 4. The van der Waals surface area contributed by atoms with E-state index in [2.05, 4.69) is 4.98 Å². The molecule has 1 aromatic heterocycles. The van der Waals surface area contributed by atoms with Gasteiger partial charge >= 0.3 is 5.97 Å². The normalized spacial score (nSPS) is 10.4. The molecule has 0 aliphatic rings. The fourth-order valence-corrected chi connectivity index (χ4v) is 2.36. The van der Waals surface area contributed by atoms with Crippen molar-refractivity contribution < 1.29 is 18.7 Å². The largest absolute Gasteiger partial charge is 0.454 e. The van der Waals surface area contributed by atoms with Gasteiger partial charge in [-0.15, -0.1) is 0 Å². The van der Waals surface area contributed by atoms with Crippen molar-refractivity contribution in [1.82, 2.24) is 4.98 Å². The van der Waals surface area contributed by atoms with E-state index in [-0.39, 0.29) is 16.3 Å². The van der Waals surface area contributed by atoms with Crippen LogP contribution in [0.4, 0.5) is 4.39 Å². The molecule has 1 aromatic carbocycles. The standard InChI is InChI=1S/C16H13ClFNO3/c1-9-7-10(2)19-15(17)14(9)16(21)22-8-13(20)11-5-3-4-6-12(11)18/h3-7H,8H2,1-2H3. The van der Waals surface area contributed by atoms with Gasteiger partial charge in [0.15, 0.2) is 6.61 Å². The summed E-state index contributed by atoms with van der Waals surface area (Å²) in [5.74, 6) is -2.05. The molecule has 0 unspecified atom stereocenters. The minimum atomic E-state index is -0.764. The molecule has 0 spiro atoms. The summed E-state index contributed by atoms with van der Waals surface area (Å²) in [5.41, 5.74) is 1.25. The maximum atomic E-state index is 13.5. The van der Waals surface area contributed by atoms with Gasteiger partial charge in [0.25, 0.3) is 0 Å². The molecule has 0 aliphatic heterocycles. The first-order valence-electron chi connectivity index (χ1n) is 6.48. The Balaban J connectivity index is 2.11. The number of aryl methyl sites for hydroxylation is 2. The summed E-state index contributed by atoms with van der Waals surface area (Å²) < 4.78 is 18.4. The van der Waals surface area contributed by atoms with Crippen molar-refractivity contribution in [2.75, 3.05) is 6.61 Å². The van der Waals surface area contributed by atoms with Crippen LogP contribution in [0.25, 0.3) is 0 Å². The molecule has 2 rings (SSSR count). The highest BCUT2D eigenvalue weighted by molar-refractivity contribution is 6.32. The lowest BCUT2D eigenvalue weighted by Gasteiger charge is -2.09. The molecule has 0 radical (unpaired) electrons. The molecule has 0 amide bonds. The molecular formula is C16H13ClFNO3. The summed E-state index contributed by atoms with van der Waals surface area (Å²) in [5, 5.41) is 0.0147. The van der Waals surface area contributed by atoms with E-state index in [1.807, 2.05) is 0 Å². The number of ketones is 1. The third kappa shape index (κ3) is 3.49. The number of benzene rings is 1. The molecular weight excluding hydrogens is 309 g/mol. The smallest absolute Gasteiger partial charge is 0.342 e. The van der Waals surface area contributed by atoms with E-state index in [0.29, 0.717) is 11.3 Å². The minimum absolute atomic E-state index is 0.0147. The number of esters is 1. The summed E-state index contributed by atoms with van der Waals surface area (Å²) in [7, 11) is 0. The monoisotopic (exact) mass is 321 g/mol. The Hall–Kier alpha value is -2.27. The minimum Gasteiger partial charge on any atom is -0.454 e. The van der Waals surface area contributed by atoms with E-state index in [4.69, 9.17) is 16.3 Å². The number of nitrogens with zero attached hydrogens (tertiary/aromatic N) is 1. The number of rotatable bonds is 4. The van der Waals surface area contributed by atoms with E-state index in [1.54, 1.807) is 19.9 Å². The number of carbonyl (C=O) groups is 2. The van der Waals surface area contributed by atoms with Crippen molar-refractivity contribution in [2.24, 2.45) is 0 Å². The third-order valence-electron chi connectivity index (χ3n) is 3.01. The first-order chi connectivity index (χ1) is 10.4. The summed E-state index contributed by atoms with van der Waals surface area (Å²) in [6, 6.07) is 7.18. The lowest BCUT2D eigenvalue weighted by molar-refractivity contribution is 0.0472. The number of hydrogen-bond donors (Lipinski definition) is 0. The fraction of sp³-hybridized carbons (Fsp3) is 0.188. The second-order valence-corrected chi connectivity index (χ2v) is 5.08. The molecule has 6 heteroatoms. The Morgan fingerprint density at radius 2 is 1.95 bits per heavy atom. The molecule has 0 fully saturated rings. The molecule has 0 atom stereocenters. The number of carbonyl (C=O) groups excluding carboxylic acids is 2. The van der Waals surface area contributed by atoms with Gasteiger partial charge in [0, 0.05) is 5.69 Å². The first kappa shape index (κ1) is 16.1. The summed E-state index contributed by atoms with van der Waals surface area (Å²) >= 11 is 5.93. The quantitative estimate of drug-likeness (QED) is 0.491. The predicted octanol–water partition coefficient (Wildman–Crippen LogP) is 3.53. The van der Waals surface area contributed by atoms with E-state index in [1.165, 1.54) is 24.3 Å². The van der Waals surface area contributed by atoms with Gasteiger partial charge in [-0.05, 0) is 37.6 Å². The second-order valence-electron chi connectivity index (χ2n) is 4.73. The summed E-state index contributed by atoms with van der Waals surface area (Å²) in [4.78, 5) is 27.9. The number of pyridine rings is 1. The van der Waals surface area contributed by atoms with Crippen LogP contribution in [-0.2, 0) is 4.74 Å². The second kappa shape index (κ2) is 6.66. The third-order valence-corrected chi connectivity index (χ3v) is 3.29. The van der Waals surface area contributed by atoms with Crippen LogP contribution in [0, 0.1) is 19.7 Å². The van der Waals surface area contributed by atoms with E-state index in [9.17, 15) is 14.0 Å². The average molecular weight is 322 g/mol. The Morgan fingerprint density at radius 3 is 2.59 bits per heavy atom. The zero-order valence-corrected chi connectivity index (χ0v) is 12.8. The van der Waals surface area contributed by atoms with Crippen LogP contribution in [0.3, 0.4) is 0 Å². The predicted molar refractivity (Wildman–Crippen MR) is 79.7 cm³/mol.